The molecule has 1 aliphatic heterocycles. The summed E-state index contributed by atoms with van der Waals surface area (Å²) in [5.41, 5.74) is 4.75. The first kappa shape index (κ1) is 16.6. The van der Waals surface area contributed by atoms with E-state index in [2.05, 4.69) is 0 Å². The third-order valence-corrected chi connectivity index (χ3v) is 4.93. The molecule has 0 aromatic heterocycles. The summed E-state index contributed by atoms with van der Waals surface area (Å²) in [7, 11) is -1.86. The van der Waals surface area contributed by atoms with Crippen molar-refractivity contribution in [1.29, 1.82) is 0 Å². The molecule has 1 rings (SSSR count). The molecule has 1 atom stereocenters. The molecule has 0 aromatic rings. The molecule has 0 aliphatic carbocycles. The summed E-state index contributed by atoms with van der Waals surface area (Å²) in [5, 5.41) is 0. The molecule has 112 valence electrons. The molecule has 1 aliphatic rings. The van der Waals surface area contributed by atoms with E-state index < -0.39 is 13.3 Å². The third kappa shape index (κ3) is 4.00. The Hall–Kier alpha value is -0.460. The fourth-order valence-electron chi connectivity index (χ4n) is 2.10. The van der Waals surface area contributed by atoms with Gasteiger partial charge >= 0.3 is 7.67 Å². The molecule has 8 heteroatoms. The molecule has 0 spiro atoms. The highest BCUT2D eigenvalue weighted by Crippen LogP contribution is 2.41. The Balaban J connectivity index is 2.59. The van der Waals surface area contributed by atoms with E-state index in [-0.39, 0.29) is 5.91 Å². The van der Waals surface area contributed by atoms with Crippen LogP contribution in [0, 0.1) is 0 Å². The quantitative estimate of drug-likeness (QED) is 0.749. The van der Waals surface area contributed by atoms with Gasteiger partial charge in [0.1, 0.15) is 5.60 Å². The van der Waals surface area contributed by atoms with Gasteiger partial charge in [-0.1, -0.05) is 0 Å². The number of nitrogens with two attached hydrogens (primary N) is 1. The summed E-state index contributed by atoms with van der Waals surface area (Å²) >= 11 is 0. The van der Waals surface area contributed by atoms with Crippen LogP contribution in [0.2, 0.25) is 0 Å². The van der Waals surface area contributed by atoms with Crippen LogP contribution in [-0.2, 0) is 18.6 Å². The van der Waals surface area contributed by atoms with Gasteiger partial charge in [-0.15, -0.1) is 0 Å². The number of carbonyl (C=O) groups excluding carboxylic acids is 1. The van der Waals surface area contributed by atoms with Crippen LogP contribution in [0.15, 0.2) is 0 Å². The number of piperazine rings is 1. The highest BCUT2D eigenvalue weighted by atomic mass is 31.2. The number of hydrogen-bond donors (Lipinski definition) is 1. The van der Waals surface area contributed by atoms with Crippen LogP contribution >= 0.6 is 7.67 Å². The van der Waals surface area contributed by atoms with Gasteiger partial charge in [-0.25, -0.2) is 10.2 Å². The van der Waals surface area contributed by atoms with E-state index in [9.17, 15) is 9.36 Å². The maximum atomic E-state index is 12.3. The van der Waals surface area contributed by atoms with E-state index in [0.29, 0.717) is 32.8 Å². The van der Waals surface area contributed by atoms with E-state index in [1.54, 1.807) is 23.4 Å². The lowest BCUT2D eigenvalue weighted by Gasteiger charge is -2.39. The number of hydrogen-bond acceptors (Lipinski definition) is 4. The van der Waals surface area contributed by atoms with Crippen molar-refractivity contribution < 1.29 is 18.6 Å². The minimum atomic E-state index is -3.19. The van der Waals surface area contributed by atoms with Crippen LogP contribution in [0.1, 0.15) is 20.8 Å². The fraction of sp³-hybridized carbons (Fsp3) is 0.909. The molecule has 1 heterocycles. The minimum Gasteiger partial charge on any atom is -0.366 e. The second-order valence-corrected chi connectivity index (χ2v) is 6.99. The summed E-state index contributed by atoms with van der Waals surface area (Å²) < 4.78 is 23.7. The zero-order chi connectivity index (χ0) is 14.7. The number of amides is 1. The number of ether oxygens (including phenoxy) is 1. The van der Waals surface area contributed by atoms with E-state index in [1.807, 2.05) is 6.92 Å². The summed E-state index contributed by atoms with van der Waals surface area (Å²) in [6.07, 6.45) is 0. The predicted molar refractivity (Wildman–Crippen MR) is 72.7 cm³/mol. The molecule has 0 radical (unpaired) electrons. The average Bonchev–Trinajstić information content (AvgIpc) is 2.38. The number of rotatable bonds is 5. The molecule has 0 saturated carbocycles. The molecule has 0 aromatic carbocycles. The van der Waals surface area contributed by atoms with E-state index in [4.69, 9.17) is 14.8 Å². The van der Waals surface area contributed by atoms with Crippen LogP contribution in [-0.4, -0.2) is 61.0 Å². The first-order chi connectivity index (χ1) is 8.74. The second kappa shape index (κ2) is 6.33. The Morgan fingerprint density at radius 3 is 2.26 bits per heavy atom. The maximum absolute atomic E-state index is 12.3. The van der Waals surface area contributed by atoms with Crippen molar-refractivity contribution in [3.8, 4) is 0 Å². The van der Waals surface area contributed by atoms with Crippen molar-refractivity contribution in [2.24, 2.45) is 5.50 Å². The van der Waals surface area contributed by atoms with Gasteiger partial charge < -0.3 is 14.2 Å². The Kier molecular flexibility index (Phi) is 5.53. The Morgan fingerprint density at radius 1 is 1.32 bits per heavy atom. The molecule has 2 N–H and O–H groups in total. The molecule has 1 amide bonds. The second-order valence-electron chi connectivity index (χ2n) is 4.94. The number of nitrogens with zero attached hydrogens (tertiary/aromatic N) is 2. The van der Waals surface area contributed by atoms with Crippen LogP contribution in [0.3, 0.4) is 0 Å². The van der Waals surface area contributed by atoms with Crippen LogP contribution in [0.25, 0.3) is 0 Å². The van der Waals surface area contributed by atoms with Crippen molar-refractivity contribution in [1.82, 2.24) is 9.57 Å². The fourth-order valence-corrected chi connectivity index (χ4v) is 3.06. The zero-order valence-electron chi connectivity index (χ0n) is 12.1. The summed E-state index contributed by atoms with van der Waals surface area (Å²) in [4.78, 5) is 14.0. The standard InChI is InChI=1S/C11H24N3O4P/c1-5-18-11(2,3)10(15)13-6-8-14(9-7-13)19(12,16)17-4/h5-9H2,1-4H3,(H2,12,16). The topological polar surface area (TPSA) is 85.1 Å². The Labute approximate surface area is 114 Å². The molecular formula is C11H24N3O4P. The van der Waals surface area contributed by atoms with Crippen LogP contribution < -0.4 is 5.50 Å². The zero-order valence-corrected chi connectivity index (χ0v) is 13.0. The first-order valence-corrected chi connectivity index (χ1v) is 8.02. The smallest absolute Gasteiger partial charge is 0.340 e. The molecule has 1 fully saturated rings. The van der Waals surface area contributed by atoms with Crippen LogP contribution in [0.4, 0.5) is 0 Å². The first-order valence-electron chi connectivity index (χ1n) is 6.37. The molecule has 7 nitrogen and oxygen atoms in total. The largest absolute Gasteiger partial charge is 0.366 e. The van der Waals surface area contributed by atoms with Gasteiger partial charge in [0.2, 0.25) is 0 Å². The predicted octanol–water partition coefficient (Wildman–Crippen LogP) is 0.659. The summed E-state index contributed by atoms with van der Waals surface area (Å²) in [6.45, 7) is 7.68. The van der Waals surface area contributed by atoms with Gasteiger partial charge in [0.25, 0.3) is 5.91 Å². The average molecular weight is 293 g/mol. The minimum absolute atomic E-state index is 0.0572. The molecule has 1 saturated heterocycles. The highest BCUT2D eigenvalue weighted by molar-refractivity contribution is 7.53. The lowest BCUT2D eigenvalue weighted by molar-refractivity contribution is -0.155. The third-order valence-electron chi connectivity index (χ3n) is 3.22. The van der Waals surface area contributed by atoms with Crippen molar-refractivity contribution in [2.45, 2.75) is 26.4 Å². The van der Waals surface area contributed by atoms with Crippen molar-refractivity contribution >= 4 is 13.6 Å². The summed E-state index contributed by atoms with van der Waals surface area (Å²) in [6, 6.07) is 0. The molecular weight excluding hydrogens is 269 g/mol. The van der Waals surface area contributed by atoms with Gasteiger partial charge in [-0.2, -0.15) is 0 Å². The van der Waals surface area contributed by atoms with E-state index in [0.717, 1.165) is 0 Å². The van der Waals surface area contributed by atoms with Gasteiger partial charge in [-0.3, -0.25) is 9.36 Å². The lowest BCUT2D eigenvalue weighted by Crippen LogP contribution is -2.54. The van der Waals surface area contributed by atoms with Crippen molar-refractivity contribution in [3.63, 3.8) is 0 Å². The normalized spacial score (nSPS) is 21.2. The van der Waals surface area contributed by atoms with Gasteiger partial charge in [-0.05, 0) is 20.8 Å². The lowest BCUT2D eigenvalue weighted by atomic mass is 10.1. The Bertz CT molecular complexity index is 367. The van der Waals surface area contributed by atoms with Gasteiger partial charge in [0.05, 0.1) is 0 Å². The van der Waals surface area contributed by atoms with Gasteiger partial charge in [0, 0.05) is 39.9 Å². The summed E-state index contributed by atoms with van der Waals surface area (Å²) in [5.74, 6) is -0.0572. The van der Waals surface area contributed by atoms with E-state index in [1.165, 1.54) is 7.11 Å². The van der Waals surface area contributed by atoms with Crippen molar-refractivity contribution in [3.05, 3.63) is 0 Å². The van der Waals surface area contributed by atoms with Crippen LogP contribution in [0.5, 0.6) is 0 Å². The van der Waals surface area contributed by atoms with Gasteiger partial charge in [0.15, 0.2) is 0 Å². The maximum Gasteiger partial charge on any atom is 0.340 e. The molecule has 1 unspecified atom stereocenters. The van der Waals surface area contributed by atoms with E-state index >= 15 is 0 Å². The monoisotopic (exact) mass is 293 g/mol. The Morgan fingerprint density at radius 2 is 1.84 bits per heavy atom. The number of carbonyl (C=O) groups is 1. The molecule has 0 bridgehead atoms. The SMILES string of the molecule is CCOC(C)(C)C(=O)N1CCN(P(N)(=O)OC)CC1. The van der Waals surface area contributed by atoms with Crippen molar-refractivity contribution in [2.75, 3.05) is 39.9 Å². The highest BCUT2D eigenvalue weighted by Gasteiger charge is 2.37. The molecule has 19 heavy (non-hydrogen) atoms.